The molecule has 0 atom stereocenters. The summed E-state index contributed by atoms with van der Waals surface area (Å²) in [5.41, 5.74) is 6.45. The fraction of sp³-hybridized carbons (Fsp3) is 0.286. The average molecular weight is 153 g/mol. The molecule has 0 aliphatic heterocycles. The van der Waals surface area contributed by atoms with Gasteiger partial charge in [-0.25, -0.2) is 0 Å². The van der Waals surface area contributed by atoms with E-state index in [0.717, 1.165) is 5.56 Å². The smallest absolute Gasteiger partial charge is 0.188 e. The van der Waals surface area contributed by atoms with E-state index in [1.54, 1.807) is 19.6 Å². The molecule has 11 heavy (non-hydrogen) atoms. The van der Waals surface area contributed by atoms with Crippen molar-refractivity contribution >= 4 is 5.96 Å². The molecule has 3 N–H and O–H groups in total. The number of nitrogens with zero attached hydrogens (tertiary/aromatic N) is 1. The number of hydrogen-bond acceptors (Lipinski definition) is 2. The van der Waals surface area contributed by atoms with Crippen LogP contribution in [0.15, 0.2) is 28.0 Å². The van der Waals surface area contributed by atoms with Gasteiger partial charge in [0.05, 0.1) is 12.5 Å². The van der Waals surface area contributed by atoms with Crippen LogP contribution in [0.25, 0.3) is 0 Å². The van der Waals surface area contributed by atoms with Crippen molar-refractivity contribution in [3.05, 3.63) is 24.2 Å². The van der Waals surface area contributed by atoms with Gasteiger partial charge in [-0.15, -0.1) is 0 Å². The van der Waals surface area contributed by atoms with Gasteiger partial charge in [-0.2, -0.15) is 0 Å². The Hall–Kier alpha value is -1.45. The molecule has 0 amide bonds. The highest BCUT2D eigenvalue weighted by molar-refractivity contribution is 5.77. The third-order valence-corrected chi connectivity index (χ3v) is 1.29. The van der Waals surface area contributed by atoms with E-state index in [4.69, 9.17) is 10.2 Å². The Kier molecular flexibility index (Phi) is 2.54. The van der Waals surface area contributed by atoms with Crippen LogP contribution in [0.3, 0.4) is 0 Å². The molecule has 4 heteroatoms. The number of rotatable bonds is 2. The van der Waals surface area contributed by atoms with Gasteiger partial charge in [0, 0.05) is 19.2 Å². The lowest BCUT2D eigenvalue weighted by Crippen LogP contribution is -2.30. The van der Waals surface area contributed by atoms with Crippen LogP contribution in [0, 0.1) is 0 Å². The Morgan fingerprint density at radius 3 is 3.18 bits per heavy atom. The molecule has 0 radical (unpaired) electrons. The predicted molar refractivity (Wildman–Crippen MR) is 43.1 cm³/mol. The van der Waals surface area contributed by atoms with E-state index in [0.29, 0.717) is 12.5 Å². The van der Waals surface area contributed by atoms with Gasteiger partial charge in [-0.05, 0) is 6.07 Å². The maximum atomic E-state index is 5.40. The second-order valence-electron chi connectivity index (χ2n) is 2.09. The molecule has 0 saturated carbocycles. The van der Waals surface area contributed by atoms with Crippen molar-refractivity contribution < 1.29 is 4.42 Å². The monoisotopic (exact) mass is 153 g/mol. The summed E-state index contributed by atoms with van der Waals surface area (Å²) >= 11 is 0. The van der Waals surface area contributed by atoms with E-state index < -0.39 is 0 Å². The topological polar surface area (TPSA) is 63.5 Å². The third kappa shape index (κ3) is 2.33. The first-order chi connectivity index (χ1) is 5.33. The molecule has 1 rings (SSSR count). The van der Waals surface area contributed by atoms with Crippen molar-refractivity contribution in [2.75, 3.05) is 7.05 Å². The van der Waals surface area contributed by atoms with Crippen molar-refractivity contribution in [1.82, 2.24) is 5.32 Å². The van der Waals surface area contributed by atoms with Crippen LogP contribution in [-0.2, 0) is 6.54 Å². The minimum Gasteiger partial charge on any atom is -0.472 e. The zero-order valence-electron chi connectivity index (χ0n) is 6.37. The van der Waals surface area contributed by atoms with E-state index in [2.05, 4.69) is 10.3 Å². The summed E-state index contributed by atoms with van der Waals surface area (Å²) in [5.74, 6) is 0.436. The molecule has 0 aromatic carbocycles. The van der Waals surface area contributed by atoms with Gasteiger partial charge in [0.25, 0.3) is 0 Å². The summed E-state index contributed by atoms with van der Waals surface area (Å²) in [6.07, 6.45) is 3.28. The molecule has 1 aromatic heterocycles. The number of furan rings is 1. The summed E-state index contributed by atoms with van der Waals surface area (Å²) in [6.45, 7) is 0.652. The van der Waals surface area contributed by atoms with Crippen molar-refractivity contribution in [2.24, 2.45) is 10.7 Å². The lowest BCUT2D eigenvalue weighted by atomic mass is 10.3. The standard InChI is InChI=1S/C7H11N3O/c1-9-7(8)10-4-6-2-3-11-5-6/h2-3,5H,4H2,1H3,(H3,8,9,10). The molecule has 60 valence electrons. The molecule has 0 fully saturated rings. The molecule has 0 aliphatic rings. The Bertz CT molecular complexity index is 228. The minimum absolute atomic E-state index is 0.436. The van der Waals surface area contributed by atoms with Gasteiger partial charge >= 0.3 is 0 Å². The number of nitrogens with two attached hydrogens (primary N) is 1. The molecular formula is C7H11N3O. The van der Waals surface area contributed by atoms with Gasteiger partial charge in [-0.1, -0.05) is 0 Å². The van der Waals surface area contributed by atoms with E-state index in [1.807, 2.05) is 6.07 Å². The first-order valence-corrected chi connectivity index (χ1v) is 3.30. The number of hydrogen-bond donors (Lipinski definition) is 2. The second-order valence-corrected chi connectivity index (χ2v) is 2.09. The van der Waals surface area contributed by atoms with Crippen molar-refractivity contribution in [1.29, 1.82) is 0 Å². The van der Waals surface area contributed by atoms with Gasteiger partial charge in [0.1, 0.15) is 0 Å². The Morgan fingerprint density at radius 1 is 1.82 bits per heavy atom. The summed E-state index contributed by atoms with van der Waals surface area (Å²) in [7, 11) is 1.64. The molecule has 0 bridgehead atoms. The maximum Gasteiger partial charge on any atom is 0.188 e. The Morgan fingerprint density at radius 2 is 2.64 bits per heavy atom. The molecule has 1 heterocycles. The number of aliphatic imine (C=N–C) groups is 1. The van der Waals surface area contributed by atoms with Crippen LogP contribution in [0.4, 0.5) is 0 Å². The largest absolute Gasteiger partial charge is 0.472 e. The van der Waals surface area contributed by atoms with Gasteiger partial charge < -0.3 is 15.5 Å². The lowest BCUT2D eigenvalue weighted by Gasteiger charge is -2.00. The Labute approximate surface area is 65.1 Å². The van der Waals surface area contributed by atoms with Crippen molar-refractivity contribution in [3.63, 3.8) is 0 Å². The van der Waals surface area contributed by atoms with Crippen LogP contribution in [0.2, 0.25) is 0 Å². The van der Waals surface area contributed by atoms with Crippen LogP contribution in [0.1, 0.15) is 5.56 Å². The van der Waals surface area contributed by atoms with Crippen LogP contribution in [-0.4, -0.2) is 13.0 Å². The molecule has 0 unspecified atom stereocenters. The fourth-order valence-electron chi connectivity index (χ4n) is 0.665. The molecule has 0 spiro atoms. The van der Waals surface area contributed by atoms with E-state index in [1.165, 1.54) is 0 Å². The SMILES string of the molecule is CN=C(N)NCc1ccoc1. The normalized spacial score (nSPS) is 11.5. The summed E-state index contributed by atoms with van der Waals surface area (Å²) < 4.78 is 4.86. The highest BCUT2D eigenvalue weighted by atomic mass is 16.3. The van der Waals surface area contributed by atoms with Gasteiger partial charge in [0.2, 0.25) is 0 Å². The minimum atomic E-state index is 0.436. The maximum absolute atomic E-state index is 5.40. The summed E-state index contributed by atoms with van der Waals surface area (Å²) in [4.78, 5) is 3.74. The first-order valence-electron chi connectivity index (χ1n) is 3.30. The zero-order chi connectivity index (χ0) is 8.10. The molecule has 0 saturated heterocycles. The van der Waals surface area contributed by atoms with Crippen molar-refractivity contribution in [3.8, 4) is 0 Å². The molecular weight excluding hydrogens is 142 g/mol. The van der Waals surface area contributed by atoms with Crippen LogP contribution < -0.4 is 11.1 Å². The van der Waals surface area contributed by atoms with Gasteiger partial charge in [0.15, 0.2) is 5.96 Å². The van der Waals surface area contributed by atoms with Crippen molar-refractivity contribution in [2.45, 2.75) is 6.54 Å². The number of guanidine groups is 1. The predicted octanol–water partition coefficient (Wildman–Crippen LogP) is 0.314. The molecule has 1 aromatic rings. The molecule has 0 aliphatic carbocycles. The van der Waals surface area contributed by atoms with Crippen LogP contribution in [0.5, 0.6) is 0 Å². The van der Waals surface area contributed by atoms with E-state index in [9.17, 15) is 0 Å². The highest BCUT2D eigenvalue weighted by Gasteiger charge is 1.93. The quantitative estimate of drug-likeness (QED) is 0.475. The molecule has 4 nitrogen and oxygen atoms in total. The highest BCUT2D eigenvalue weighted by Crippen LogP contribution is 1.97. The van der Waals surface area contributed by atoms with E-state index in [-0.39, 0.29) is 0 Å². The van der Waals surface area contributed by atoms with Gasteiger partial charge in [-0.3, -0.25) is 4.99 Å². The first kappa shape index (κ1) is 7.65. The van der Waals surface area contributed by atoms with Crippen LogP contribution >= 0.6 is 0 Å². The summed E-state index contributed by atoms with van der Waals surface area (Å²) in [6, 6.07) is 1.87. The fourth-order valence-corrected chi connectivity index (χ4v) is 0.665. The number of nitrogens with one attached hydrogen (secondary N) is 1. The van der Waals surface area contributed by atoms with E-state index >= 15 is 0 Å². The Balaban J connectivity index is 2.35. The third-order valence-electron chi connectivity index (χ3n) is 1.29. The second kappa shape index (κ2) is 3.65. The summed E-state index contributed by atoms with van der Waals surface area (Å²) in [5, 5.41) is 2.90. The lowest BCUT2D eigenvalue weighted by molar-refractivity contribution is 0.563. The zero-order valence-corrected chi connectivity index (χ0v) is 6.37. The average Bonchev–Trinajstić information content (AvgIpc) is 2.52.